The first-order valence-corrected chi connectivity index (χ1v) is 11.2. The van der Waals surface area contributed by atoms with Crippen molar-refractivity contribution < 1.29 is 0 Å². The van der Waals surface area contributed by atoms with Crippen molar-refractivity contribution in [3.05, 3.63) is 36.5 Å². The lowest BCUT2D eigenvalue weighted by Gasteiger charge is -2.19. The van der Waals surface area contributed by atoms with Crippen LogP contribution in [0.15, 0.2) is 36.5 Å². The fourth-order valence-electron chi connectivity index (χ4n) is 5.79. The summed E-state index contributed by atoms with van der Waals surface area (Å²) in [6, 6.07) is 0. The fourth-order valence-corrected chi connectivity index (χ4v) is 5.79. The summed E-state index contributed by atoms with van der Waals surface area (Å²) < 4.78 is 0. The van der Waals surface area contributed by atoms with E-state index in [0.29, 0.717) is 0 Å². The van der Waals surface area contributed by atoms with E-state index < -0.39 is 0 Å². The van der Waals surface area contributed by atoms with Gasteiger partial charge in [-0.2, -0.15) is 0 Å². The first kappa shape index (κ1) is 19.0. The molecule has 0 aliphatic heterocycles. The first-order chi connectivity index (χ1) is 12.2. The number of unbranched alkanes of at least 4 members (excludes halogenated alkanes) is 3. The van der Waals surface area contributed by atoms with Gasteiger partial charge in [-0.05, 0) is 66.6 Å². The minimum atomic E-state index is 0.925. The molecule has 8 unspecified atom stereocenters. The number of allylic oxidation sites excluding steroid dienone is 6. The van der Waals surface area contributed by atoms with Gasteiger partial charge in [-0.3, -0.25) is 0 Å². The normalized spacial score (nSPS) is 43.7. The number of rotatable bonds is 3. The summed E-state index contributed by atoms with van der Waals surface area (Å²) >= 11 is 0. The molecule has 140 valence electrons. The molecule has 5 rings (SSSR count). The van der Waals surface area contributed by atoms with Crippen LogP contribution in [0.3, 0.4) is 0 Å². The van der Waals surface area contributed by atoms with Crippen LogP contribution in [0.1, 0.15) is 72.6 Å². The van der Waals surface area contributed by atoms with E-state index >= 15 is 0 Å². The average molecular weight is 341 g/mol. The van der Waals surface area contributed by atoms with E-state index in [9.17, 15) is 0 Å². The molecule has 8 atom stereocenters. The van der Waals surface area contributed by atoms with Crippen molar-refractivity contribution in [1.82, 2.24) is 0 Å². The van der Waals surface area contributed by atoms with Crippen LogP contribution >= 0.6 is 0 Å². The van der Waals surface area contributed by atoms with Crippen LogP contribution in [0.25, 0.3) is 0 Å². The van der Waals surface area contributed by atoms with Crippen LogP contribution in [0, 0.1) is 47.3 Å². The second-order valence-electron chi connectivity index (χ2n) is 9.23. The Morgan fingerprint density at radius 1 is 0.680 bits per heavy atom. The van der Waals surface area contributed by atoms with E-state index in [0.717, 1.165) is 47.3 Å². The van der Waals surface area contributed by atoms with Gasteiger partial charge in [-0.15, -0.1) is 0 Å². The molecule has 0 spiro atoms. The van der Waals surface area contributed by atoms with Crippen LogP contribution in [0.5, 0.6) is 0 Å². The molecule has 0 saturated heterocycles. The van der Waals surface area contributed by atoms with Gasteiger partial charge in [0.1, 0.15) is 0 Å². The molecule has 2 saturated carbocycles. The Hall–Kier alpha value is -0.780. The molecule has 0 heteroatoms. The zero-order chi connectivity index (χ0) is 17.8. The highest BCUT2D eigenvalue weighted by Gasteiger charge is 2.44. The highest BCUT2D eigenvalue weighted by Crippen LogP contribution is 2.52. The van der Waals surface area contributed by atoms with Crippen LogP contribution in [0.2, 0.25) is 0 Å². The Kier molecular flexibility index (Phi) is 6.64. The van der Waals surface area contributed by atoms with Gasteiger partial charge in [-0.25, -0.2) is 0 Å². The van der Waals surface area contributed by atoms with Crippen molar-refractivity contribution in [2.45, 2.75) is 72.6 Å². The minimum Gasteiger partial charge on any atom is -0.0879 e. The van der Waals surface area contributed by atoms with Gasteiger partial charge in [0.2, 0.25) is 0 Å². The fraction of sp³-hybridized carbons (Fsp3) is 0.760. The zero-order valence-electron chi connectivity index (χ0n) is 17.0. The van der Waals surface area contributed by atoms with Gasteiger partial charge < -0.3 is 0 Å². The van der Waals surface area contributed by atoms with Crippen molar-refractivity contribution in [2.24, 2.45) is 47.3 Å². The monoisotopic (exact) mass is 340 g/mol. The lowest BCUT2D eigenvalue weighted by Crippen LogP contribution is -2.12. The van der Waals surface area contributed by atoms with Crippen molar-refractivity contribution >= 4 is 0 Å². The van der Waals surface area contributed by atoms with E-state index in [2.05, 4.69) is 64.2 Å². The molecule has 0 radical (unpaired) electrons. The Labute approximate surface area is 156 Å². The second-order valence-corrected chi connectivity index (χ2v) is 9.23. The van der Waals surface area contributed by atoms with Crippen LogP contribution < -0.4 is 0 Å². The van der Waals surface area contributed by atoms with Gasteiger partial charge in [0.25, 0.3) is 0 Å². The third-order valence-electron chi connectivity index (χ3n) is 7.74. The average Bonchev–Trinajstić information content (AvgIpc) is 3.41. The molecule has 0 heterocycles. The molecule has 4 bridgehead atoms. The van der Waals surface area contributed by atoms with Gasteiger partial charge in [0.15, 0.2) is 0 Å². The second kappa shape index (κ2) is 8.74. The van der Waals surface area contributed by atoms with Gasteiger partial charge in [-0.1, -0.05) is 89.8 Å². The summed E-state index contributed by atoms with van der Waals surface area (Å²) in [5, 5.41) is 0. The zero-order valence-corrected chi connectivity index (χ0v) is 17.0. The summed E-state index contributed by atoms with van der Waals surface area (Å²) in [4.78, 5) is 0. The van der Waals surface area contributed by atoms with Gasteiger partial charge in [0.05, 0.1) is 0 Å². The third-order valence-corrected chi connectivity index (χ3v) is 7.74. The number of fused-ring (bicyclic) bond motifs is 7. The standard InChI is InChI=1S/C10H12.C9H14.C6H14/c1-2-9-7-4-5-8(6-7)10(9)3-1;1-6-7(2)9-4-3-8(6)5-9;1-3-5-6-4-2/h1-2,4-5,7-10H,3,6H2;3-4,6-9H,5H2,1-2H3;3-6H2,1-2H3. The van der Waals surface area contributed by atoms with Crippen molar-refractivity contribution in [1.29, 1.82) is 0 Å². The Bertz CT molecular complexity index is 476. The Balaban J connectivity index is 0.000000114. The molecular weight excluding hydrogens is 300 g/mol. The topological polar surface area (TPSA) is 0 Å². The summed E-state index contributed by atoms with van der Waals surface area (Å²) in [6.45, 7) is 9.24. The van der Waals surface area contributed by atoms with E-state index in [4.69, 9.17) is 0 Å². The maximum absolute atomic E-state index is 2.44. The maximum Gasteiger partial charge on any atom is -0.0133 e. The molecule has 0 aromatic rings. The quantitative estimate of drug-likeness (QED) is 0.370. The summed E-state index contributed by atoms with van der Waals surface area (Å²) in [5.41, 5.74) is 0. The molecule has 0 aromatic carbocycles. The molecule has 0 nitrogen and oxygen atoms in total. The SMILES string of the molecule is C1=CC2C3C=CC(C3)C2C1.CC1C2C=CC(C2)C1C.CCCCCC. The number of hydrogen-bond acceptors (Lipinski definition) is 0. The lowest BCUT2D eigenvalue weighted by atomic mass is 9.86. The van der Waals surface area contributed by atoms with Crippen LogP contribution in [0.4, 0.5) is 0 Å². The van der Waals surface area contributed by atoms with E-state index in [1.807, 2.05) is 0 Å². The molecule has 25 heavy (non-hydrogen) atoms. The van der Waals surface area contributed by atoms with Crippen molar-refractivity contribution in [3.8, 4) is 0 Å². The predicted octanol–water partition coefficient (Wildman–Crippen LogP) is 7.44. The van der Waals surface area contributed by atoms with Crippen LogP contribution in [-0.2, 0) is 0 Å². The van der Waals surface area contributed by atoms with Crippen molar-refractivity contribution in [2.75, 3.05) is 0 Å². The molecular formula is C25H40. The van der Waals surface area contributed by atoms with E-state index in [1.165, 1.54) is 44.9 Å². The van der Waals surface area contributed by atoms with Crippen LogP contribution in [-0.4, -0.2) is 0 Å². The van der Waals surface area contributed by atoms with Gasteiger partial charge >= 0.3 is 0 Å². The molecule has 5 aliphatic carbocycles. The Morgan fingerprint density at radius 3 is 1.68 bits per heavy atom. The largest absolute Gasteiger partial charge is 0.0879 e. The third kappa shape index (κ3) is 4.15. The summed E-state index contributed by atoms with van der Waals surface area (Å²) in [6.07, 6.45) is 24.3. The van der Waals surface area contributed by atoms with E-state index in [1.54, 1.807) is 0 Å². The first-order valence-electron chi connectivity index (χ1n) is 11.2. The molecule has 0 N–H and O–H groups in total. The molecule has 2 fully saturated rings. The molecule has 0 amide bonds. The lowest BCUT2D eigenvalue weighted by molar-refractivity contribution is 0.364. The maximum atomic E-state index is 2.44. The Morgan fingerprint density at radius 2 is 1.20 bits per heavy atom. The summed E-state index contributed by atoms with van der Waals surface area (Å²) in [5.74, 6) is 7.61. The molecule has 0 aromatic heterocycles. The minimum absolute atomic E-state index is 0.925. The smallest absolute Gasteiger partial charge is 0.0133 e. The van der Waals surface area contributed by atoms with Gasteiger partial charge in [0, 0.05) is 0 Å². The predicted molar refractivity (Wildman–Crippen MR) is 110 cm³/mol. The van der Waals surface area contributed by atoms with E-state index in [-0.39, 0.29) is 0 Å². The number of hydrogen-bond donors (Lipinski definition) is 0. The van der Waals surface area contributed by atoms with Crippen molar-refractivity contribution in [3.63, 3.8) is 0 Å². The highest BCUT2D eigenvalue weighted by atomic mass is 14.5. The molecule has 5 aliphatic rings. The highest BCUT2D eigenvalue weighted by molar-refractivity contribution is 5.21. The summed E-state index contributed by atoms with van der Waals surface area (Å²) in [7, 11) is 0.